The lowest BCUT2D eigenvalue weighted by molar-refractivity contribution is -0.145. The Hall–Kier alpha value is -2.77. The first-order chi connectivity index (χ1) is 16.7. The van der Waals surface area contributed by atoms with Gasteiger partial charge in [0.1, 0.15) is 23.4 Å². The SMILES string of the molecule is CCCCCNC(=O)C(c1cccc(C)c1O)N(C(=O)C(CC(C)C)NC(=O)OC(C)(C)C)C(C)C. The van der Waals surface area contributed by atoms with E-state index in [0.717, 1.165) is 19.3 Å². The number of nitrogens with one attached hydrogen (secondary N) is 2. The van der Waals surface area contributed by atoms with Crippen LogP contribution in [0.25, 0.3) is 0 Å². The number of ether oxygens (including phenoxy) is 1. The maximum absolute atomic E-state index is 14.0. The molecule has 1 aromatic carbocycles. The van der Waals surface area contributed by atoms with Gasteiger partial charge in [-0.15, -0.1) is 0 Å². The lowest BCUT2D eigenvalue weighted by Crippen LogP contribution is -2.55. The maximum atomic E-state index is 14.0. The molecule has 3 amide bonds. The average molecular weight is 506 g/mol. The van der Waals surface area contributed by atoms with Crippen molar-refractivity contribution in [3.05, 3.63) is 29.3 Å². The predicted octanol–water partition coefficient (Wildman–Crippen LogP) is 5.22. The highest BCUT2D eigenvalue weighted by molar-refractivity contribution is 5.92. The summed E-state index contributed by atoms with van der Waals surface area (Å²) in [6.07, 6.45) is 2.49. The lowest BCUT2D eigenvalue weighted by Gasteiger charge is -2.37. The Morgan fingerprint density at radius 1 is 1.08 bits per heavy atom. The minimum Gasteiger partial charge on any atom is -0.507 e. The van der Waals surface area contributed by atoms with Gasteiger partial charge in [0.15, 0.2) is 0 Å². The van der Waals surface area contributed by atoms with E-state index < -0.39 is 29.7 Å². The van der Waals surface area contributed by atoms with E-state index in [1.54, 1.807) is 45.9 Å². The lowest BCUT2D eigenvalue weighted by atomic mass is 9.96. The molecule has 36 heavy (non-hydrogen) atoms. The number of para-hydroxylation sites is 1. The predicted molar refractivity (Wildman–Crippen MR) is 143 cm³/mol. The van der Waals surface area contributed by atoms with E-state index in [9.17, 15) is 19.5 Å². The van der Waals surface area contributed by atoms with Crippen LogP contribution in [0.3, 0.4) is 0 Å². The first-order valence-corrected chi connectivity index (χ1v) is 13.1. The second kappa shape index (κ2) is 14.1. The number of aryl methyl sites for hydroxylation is 1. The smallest absolute Gasteiger partial charge is 0.408 e. The molecule has 0 aliphatic heterocycles. The molecule has 0 heterocycles. The Kier molecular flexibility index (Phi) is 12.2. The molecular formula is C28H47N3O5. The number of unbranched alkanes of at least 4 members (excludes halogenated alkanes) is 2. The Balaban J connectivity index is 3.47. The molecular weight excluding hydrogens is 458 g/mol. The van der Waals surface area contributed by atoms with Crippen LogP contribution in [0, 0.1) is 12.8 Å². The highest BCUT2D eigenvalue weighted by Gasteiger charge is 2.39. The second-order valence-corrected chi connectivity index (χ2v) is 11.1. The number of amides is 3. The van der Waals surface area contributed by atoms with E-state index in [0.29, 0.717) is 24.1 Å². The average Bonchev–Trinajstić information content (AvgIpc) is 2.74. The molecule has 3 N–H and O–H groups in total. The van der Waals surface area contributed by atoms with Crippen molar-refractivity contribution in [2.24, 2.45) is 5.92 Å². The summed E-state index contributed by atoms with van der Waals surface area (Å²) >= 11 is 0. The molecule has 204 valence electrons. The number of carbonyl (C=O) groups is 3. The molecule has 8 heteroatoms. The Labute approximate surface area is 217 Å². The van der Waals surface area contributed by atoms with E-state index in [1.807, 2.05) is 27.7 Å². The molecule has 1 aromatic rings. The summed E-state index contributed by atoms with van der Waals surface area (Å²) in [5, 5.41) is 16.6. The van der Waals surface area contributed by atoms with Crippen LogP contribution >= 0.6 is 0 Å². The maximum Gasteiger partial charge on any atom is 0.408 e. The molecule has 2 atom stereocenters. The van der Waals surface area contributed by atoms with Gasteiger partial charge in [-0.1, -0.05) is 51.8 Å². The quantitative estimate of drug-likeness (QED) is 0.337. The van der Waals surface area contributed by atoms with E-state index >= 15 is 0 Å². The van der Waals surface area contributed by atoms with Crippen LogP contribution in [0.5, 0.6) is 5.75 Å². The van der Waals surface area contributed by atoms with Gasteiger partial charge in [0.05, 0.1) is 0 Å². The van der Waals surface area contributed by atoms with Crippen molar-refractivity contribution in [3.63, 3.8) is 0 Å². The van der Waals surface area contributed by atoms with Crippen LogP contribution in [-0.2, 0) is 14.3 Å². The highest BCUT2D eigenvalue weighted by Crippen LogP contribution is 2.33. The summed E-state index contributed by atoms with van der Waals surface area (Å²) in [7, 11) is 0. The number of carbonyl (C=O) groups excluding carboxylic acids is 3. The minimum absolute atomic E-state index is 0.0230. The molecule has 2 unspecified atom stereocenters. The Morgan fingerprint density at radius 2 is 1.72 bits per heavy atom. The molecule has 0 aliphatic carbocycles. The van der Waals surface area contributed by atoms with Gasteiger partial charge in [-0.2, -0.15) is 0 Å². The third-order valence-electron chi connectivity index (χ3n) is 5.68. The van der Waals surface area contributed by atoms with Crippen molar-refractivity contribution in [1.82, 2.24) is 15.5 Å². The van der Waals surface area contributed by atoms with Crippen LogP contribution in [0.4, 0.5) is 4.79 Å². The zero-order valence-electron chi connectivity index (χ0n) is 23.6. The molecule has 0 spiro atoms. The first kappa shape index (κ1) is 31.3. The monoisotopic (exact) mass is 505 g/mol. The van der Waals surface area contributed by atoms with Crippen LogP contribution in [0.2, 0.25) is 0 Å². The van der Waals surface area contributed by atoms with E-state index in [4.69, 9.17) is 4.74 Å². The van der Waals surface area contributed by atoms with Crippen molar-refractivity contribution < 1.29 is 24.2 Å². The van der Waals surface area contributed by atoms with E-state index in [2.05, 4.69) is 17.6 Å². The molecule has 8 nitrogen and oxygen atoms in total. The van der Waals surface area contributed by atoms with Gasteiger partial charge < -0.3 is 25.4 Å². The number of hydrogen-bond acceptors (Lipinski definition) is 5. The summed E-state index contributed by atoms with van der Waals surface area (Å²) in [6.45, 7) is 17.1. The number of benzene rings is 1. The van der Waals surface area contributed by atoms with Crippen molar-refractivity contribution in [2.75, 3.05) is 6.54 Å². The van der Waals surface area contributed by atoms with Gasteiger partial charge in [0.2, 0.25) is 11.8 Å². The number of aromatic hydroxyl groups is 1. The largest absolute Gasteiger partial charge is 0.507 e. The molecule has 0 bridgehead atoms. The van der Waals surface area contributed by atoms with Crippen molar-refractivity contribution >= 4 is 17.9 Å². The standard InChI is InChI=1S/C28H47N3O5/c1-10-11-12-16-29-25(33)23(21-15-13-14-20(6)24(21)32)31(19(4)5)26(34)22(17-18(2)3)30-27(35)36-28(7,8)9/h13-15,18-19,22-23,32H,10-12,16-17H2,1-9H3,(H,29,33)(H,30,35). The summed E-state index contributed by atoms with van der Waals surface area (Å²) in [5.41, 5.74) is 0.241. The van der Waals surface area contributed by atoms with Crippen LogP contribution in [-0.4, -0.2) is 52.1 Å². The third kappa shape index (κ3) is 9.70. The van der Waals surface area contributed by atoms with Crippen molar-refractivity contribution in [1.29, 1.82) is 0 Å². The van der Waals surface area contributed by atoms with Crippen LogP contribution in [0.1, 0.15) is 98.2 Å². The Bertz CT molecular complexity index is 876. The minimum atomic E-state index is -1.06. The van der Waals surface area contributed by atoms with Gasteiger partial charge >= 0.3 is 6.09 Å². The first-order valence-electron chi connectivity index (χ1n) is 13.1. The van der Waals surface area contributed by atoms with Crippen molar-refractivity contribution in [2.45, 2.75) is 112 Å². The van der Waals surface area contributed by atoms with Gasteiger partial charge in [-0.25, -0.2) is 4.79 Å². The second-order valence-electron chi connectivity index (χ2n) is 11.1. The number of phenols is 1. The number of nitrogens with zero attached hydrogens (tertiary/aromatic N) is 1. The van der Waals surface area contributed by atoms with E-state index in [1.165, 1.54) is 4.90 Å². The Morgan fingerprint density at radius 3 is 2.25 bits per heavy atom. The number of phenolic OH excluding ortho intramolecular Hbond substituents is 1. The number of rotatable bonds is 12. The highest BCUT2D eigenvalue weighted by atomic mass is 16.6. The van der Waals surface area contributed by atoms with Crippen LogP contribution < -0.4 is 10.6 Å². The summed E-state index contributed by atoms with van der Waals surface area (Å²) in [4.78, 5) is 41.6. The fourth-order valence-electron chi connectivity index (χ4n) is 4.01. The zero-order valence-corrected chi connectivity index (χ0v) is 23.6. The summed E-state index contributed by atoms with van der Waals surface area (Å²) in [5.74, 6) is -0.699. The number of hydrogen-bond donors (Lipinski definition) is 3. The van der Waals surface area contributed by atoms with Crippen LogP contribution in [0.15, 0.2) is 18.2 Å². The molecule has 0 radical (unpaired) electrons. The number of alkyl carbamates (subject to hydrolysis) is 1. The molecule has 0 fully saturated rings. The summed E-state index contributed by atoms with van der Waals surface area (Å²) < 4.78 is 5.40. The topological polar surface area (TPSA) is 108 Å². The molecule has 1 rings (SSSR count). The molecule has 0 aromatic heterocycles. The fourth-order valence-corrected chi connectivity index (χ4v) is 4.01. The summed E-state index contributed by atoms with van der Waals surface area (Å²) in [6, 6.07) is 2.83. The normalized spacial score (nSPS) is 13.3. The molecule has 0 saturated heterocycles. The van der Waals surface area contributed by atoms with Gasteiger partial charge in [-0.3, -0.25) is 9.59 Å². The molecule has 0 saturated carbocycles. The van der Waals surface area contributed by atoms with Crippen molar-refractivity contribution in [3.8, 4) is 5.75 Å². The zero-order chi connectivity index (χ0) is 27.6. The molecule has 0 aliphatic rings. The van der Waals surface area contributed by atoms with Gasteiger partial charge in [0, 0.05) is 18.2 Å². The van der Waals surface area contributed by atoms with E-state index in [-0.39, 0.29) is 23.6 Å². The van der Waals surface area contributed by atoms with Gasteiger partial charge in [0.25, 0.3) is 0 Å². The van der Waals surface area contributed by atoms with Gasteiger partial charge in [-0.05, 0) is 65.9 Å². The third-order valence-corrected chi connectivity index (χ3v) is 5.68. The fraction of sp³-hybridized carbons (Fsp3) is 0.679.